The molecule has 0 aliphatic heterocycles. The van der Waals surface area contributed by atoms with Crippen LogP contribution in [-0.4, -0.2) is 16.4 Å². The predicted octanol–water partition coefficient (Wildman–Crippen LogP) is 1.60. The van der Waals surface area contributed by atoms with E-state index in [9.17, 15) is 4.79 Å². The maximum atomic E-state index is 11.6. The van der Waals surface area contributed by atoms with Gasteiger partial charge in [-0.25, -0.2) is 0 Å². The first-order valence-electron chi connectivity index (χ1n) is 4.65. The molecular weight excluding hydrogens is 196 g/mol. The molecule has 4 heteroatoms. The molecule has 0 atom stereocenters. The third-order valence-corrected chi connectivity index (χ3v) is 2.27. The van der Waals surface area contributed by atoms with Crippen LogP contribution in [0.5, 0.6) is 0 Å². The third-order valence-electron chi connectivity index (χ3n) is 1.76. The average Bonchev–Trinajstić information content (AvgIpc) is 1.79. The minimum Gasteiger partial charge on any atom is -0.391 e. The summed E-state index contributed by atoms with van der Waals surface area (Å²) in [6.45, 7) is 9.65. The summed E-state index contributed by atoms with van der Waals surface area (Å²) in [6, 6.07) is 0. The molecule has 0 saturated carbocycles. The summed E-state index contributed by atoms with van der Waals surface area (Å²) in [5, 5.41) is 2.81. The molecule has 0 spiro atoms. The molecule has 14 heavy (non-hydrogen) atoms. The van der Waals surface area contributed by atoms with Crippen molar-refractivity contribution in [3.05, 3.63) is 0 Å². The molecule has 82 valence electrons. The number of nitrogens with two attached hydrogens (primary N) is 1. The van der Waals surface area contributed by atoms with Crippen molar-refractivity contribution >= 4 is 23.1 Å². The normalized spacial score (nSPS) is 12.4. The number of carbonyl (C=O) groups excluding carboxylic acids is 1. The maximum Gasteiger partial charge on any atom is 0.221 e. The van der Waals surface area contributed by atoms with Crippen LogP contribution in [0.25, 0.3) is 0 Å². The molecule has 0 radical (unpaired) electrons. The molecule has 0 aliphatic rings. The molecule has 0 bridgehead atoms. The van der Waals surface area contributed by atoms with Crippen molar-refractivity contribution in [3.63, 3.8) is 0 Å². The van der Waals surface area contributed by atoms with Crippen molar-refractivity contribution in [1.29, 1.82) is 0 Å². The van der Waals surface area contributed by atoms with E-state index < -0.39 is 5.54 Å². The Morgan fingerprint density at radius 1 is 1.29 bits per heavy atom. The van der Waals surface area contributed by atoms with Crippen molar-refractivity contribution in [3.8, 4) is 0 Å². The molecule has 0 aromatic carbocycles. The van der Waals surface area contributed by atoms with Crippen LogP contribution >= 0.6 is 12.2 Å². The molecule has 3 nitrogen and oxygen atoms in total. The zero-order valence-corrected chi connectivity index (χ0v) is 10.4. The SMILES string of the molecule is CC(C)(C)CC(=O)NC(C)(C)C(N)=S. The number of carbonyl (C=O) groups is 1. The second-order valence-corrected chi connectivity index (χ2v) is 5.71. The van der Waals surface area contributed by atoms with Gasteiger partial charge < -0.3 is 11.1 Å². The molecule has 3 N–H and O–H groups in total. The fourth-order valence-corrected chi connectivity index (χ4v) is 0.987. The summed E-state index contributed by atoms with van der Waals surface area (Å²) in [5.74, 6) is -0.0182. The first-order chi connectivity index (χ1) is 6.04. The smallest absolute Gasteiger partial charge is 0.221 e. The molecular formula is C10H20N2OS. The van der Waals surface area contributed by atoms with E-state index in [-0.39, 0.29) is 11.3 Å². The molecule has 0 aliphatic carbocycles. The zero-order valence-electron chi connectivity index (χ0n) is 9.60. The van der Waals surface area contributed by atoms with E-state index in [0.717, 1.165) is 0 Å². The lowest BCUT2D eigenvalue weighted by Gasteiger charge is -2.27. The summed E-state index contributed by atoms with van der Waals surface area (Å²) in [4.78, 5) is 11.9. The van der Waals surface area contributed by atoms with E-state index in [4.69, 9.17) is 18.0 Å². The van der Waals surface area contributed by atoms with Gasteiger partial charge in [-0.3, -0.25) is 4.79 Å². The lowest BCUT2D eigenvalue weighted by Crippen LogP contribution is -2.52. The summed E-state index contributed by atoms with van der Waals surface area (Å²) in [7, 11) is 0. The highest BCUT2D eigenvalue weighted by molar-refractivity contribution is 7.80. The van der Waals surface area contributed by atoms with Gasteiger partial charge in [0.15, 0.2) is 0 Å². The largest absolute Gasteiger partial charge is 0.391 e. The molecule has 0 aromatic rings. The Balaban J connectivity index is 4.27. The Kier molecular flexibility index (Phi) is 4.06. The van der Waals surface area contributed by atoms with E-state index in [1.165, 1.54) is 0 Å². The molecule has 0 aromatic heterocycles. The first-order valence-corrected chi connectivity index (χ1v) is 5.06. The van der Waals surface area contributed by atoms with Crippen LogP contribution in [0, 0.1) is 5.41 Å². The van der Waals surface area contributed by atoms with E-state index in [1.54, 1.807) is 13.8 Å². The van der Waals surface area contributed by atoms with Crippen molar-refractivity contribution in [2.75, 3.05) is 0 Å². The van der Waals surface area contributed by atoms with Crippen LogP contribution in [0.1, 0.15) is 41.0 Å². The van der Waals surface area contributed by atoms with Crippen LogP contribution in [0.15, 0.2) is 0 Å². The highest BCUT2D eigenvalue weighted by atomic mass is 32.1. The van der Waals surface area contributed by atoms with Crippen LogP contribution in [-0.2, 0) is 4.79 Å². The predicted molar refractivity (Wildman–Crippen MR) is 63.1 cm³/mol. The van der Waals surface area contributed by atoms with Crippen molar-refractivity contribution < 1.29 is 4.79 Å². The minimum atomic E-state index is -0.600. The monoisotopic (exact) mass is 216 g/mol. The molecule has 0 saturated heterocycles. The topological polar surface area (TPSA) is 55.1 Å². The van der Waals surface area contributed by atoms with Gasteiger partial charge >= 0.3 is 0 Å². The van der Waals surface area contributed by atoms with Crippen molar-refractivity contribution in [2.45, 2.75) is 46.6 Å². The number of amides is 1. The number of rotatable bonds is 3. The van der Waals surface area contributed by atoms with Gasteiger partial charge in [-0.2, -0.15) is 0 Å². The standard InChI is InChI=1S/C10H20N2OS/c1-9(2,3)6-7(13)12-10(4,5)8(11)14/h6H2,1-5H3,(H2,11,14)(H,12,13). The third kappa shape index (κ3) is 5.17. The average molecular weight is 216 g/mol. The van der Waals surface area contributed by atoms with Gasteiger partial charge in [0.2, 0.25) is 5.91 Å². The van der Waals surface area contributed by atoms with Crippen LogP contribution < -0.4 is 11.1 Å². The van der Waals surface area contributed by atoms with Gasteiger partial charge in [-0.1, -0.05) is 33.0 Å². The Morgan fingerprint density at radius 2 is 1.71 bits per heavy atom. The number of nitrogens with one attached hydrogen (secondary N) is 1. The molecule has 0 heterocycles. The highest BCUT2D eigenvalue weighted by Crippen LogP contribution is 2.18. The summed E-state index contributed by atoms with van der Waals surface area (Å²) < 4.78 is 0. The lowest BCUT2D eigenvalue weighted by molar-refractivity contribution is -0.123. The molecule has 1 amide bonds. The number of hydrogen-bond donors (Lipinski definition) is 2. The summed E-state index contributed by atoms with van der Waals surface area (Å²) in [6.07, 6.45) is 0.471. The van der Waals surface area contributed by atoms with E-state index in [0.29, 0.717) is 11.4 Å². The summed E-state index contributed by atoms with van der Waals surface area (Å²) >= 11 is 4.85. The van der Waals surface area contributed by atoms with Gasteiger partial charge in [0.25, 0.3) is 0 Å². The Labute approximate surface area is 91.4 Å². The molecule has 0 fully saturated rings. The van der Waals surface area contributed by atoms with Gasteiger partial charge in [0, 0.05) is 6.42 Å². The summed E-state index contributed by atoms with van der Waals surface area (Å²) in [5.41, 5.74) is 4.88. The molecule has 0 unspecified atom stereocenters. The fraction of sp³-hybridized carbons (Fsp3) is 0.800. The van der Waals surface area contributed by atoms with E-state index >= 15 is 0 Å². The second kappa shape index (κ2) is 4.26. The fourth-order valence-electron chi connectivity index (χ4n) is 0.936. The Bertz CT molecular complexity index is 241. The van der Waals surface area contributed by atoms with Gasteiger partial charge in [-0.15, -0.1) is 0 Å². The van der Waals surface area contributed by atoms with Gasteiger partial charge in [0.05, 0.1) is 10.5 Å². The van der Waals surface area contributed by atoms with Crippen LogP contribution in [0.3, 0.4) is 0 Å². The quantitative estimate of drug-likeness (QED) is 0.705. The minimum absolute atomic E-state index is 0.0175. The van der Waals surface area contributed by atoms with E-state index in [2.05, 4.69) is 5.32 Å². The maximum absolute atomic E-state index is 11.6. The highest BCUT2D eigenvalue weighted by Gasteiger charge is 2.25. The van der Waals surface area contributed by atoms with Gasteiger partial charge in [0.1, 0.15) is 0 Å². The van der Waals surface area contributed by atoms with Crippen LogP contribution in [0.2, 0.25) is 0 Å². The second-order valence-electron chi connectivity index (χ2n) is 5.27. The van der Waals surface area contributed by atoms with Crippen LogP contribution in [0.4, 0.5) is 0 Å². The van der Waals surface area contributed by atoms with Crippen molar-refractivity contribution in [2.24, 2.45) is 11.1 Å². The zero-order chi connectivity index (χ0) is 11.6. The number of thiocarbonyl (C=S) groups is 1. The number of hydrogen-bond acceptors (Lipinski definition) is 2. The van der Waals surface area contributed by atoms with Gasteiger partial charge in [-0.05, 0) is 19.3 Å². The first kappa shape index (κ1) is 13.4. The molecule has 0 rings (SSSR count). The lowest BCUT2D eigenvalue weighted by atomic mass is 9.91. The van der Waals surface area contributed by atoms with Crippen molar-refractivity contribution in [1.82, 2.24) is 5.32 Å². The van der Waals surface area contributed by atoms with E-state index in [1.807, 2.05) is 20.8 Å². The Hall–Kier alpha value is -0.640. The Morgan fingerprint density at radius 3 is 2.00 bits per heavy atom.